The van der Waals surface area contributed by atoms with Crippen LogP contribution in [0.2, 0.25) is 5.02 Å². The normalized spacial score (nSPS) is 10.2. The first-order chi connectivity index (χ1) is 9.46. The van der Waals surface area contributed by atoms with Crippen molar-refractivity contribution in [1.82, 2.24) is 4.90 Å². The van der Waals surface area contributed by atoms with Gasteiger partial charge >= 0.3 is 0 Å². The van der Waals surface area contributed by atoms with E-state index in [1.807, 2.05) is 0 Å². The molecule has 0 spiro atoms. The molecule has 0 heterocycles. The number of aliphatic hydroxyl groups is 1. The lowest BCUT2D eigenvalue weighted by Gasteiger charge is -2.20. The lowest BCUT2D eigenvalue weighted by Crippen LogP contribution is -2.33. The zero-order valence-corrected chi connectivity index (χ0v) is 12.0. The molecule has 1 amide bonds. The molecule has 1 rings (SSSR count). The fourth-order valence-electron chi connectivity index (χ4n) is 1.81. The average Bonchev–Trinajstić information content (AvgIpc) is 2.42. The van der Waals surface area contributed by atoms with Gasteiger partial charge in [-0.15, -0.1) is 0 Å². The number of carbonyl (C=O) groups is 1. The van der Waals surface area contributed by atoms with E-state index in [-0.39, 0.29) is 35.1 Å². The number of rotatable bonds is 6. The molecule has 0 bridgehead atoms. The molecule has 2 N–H and O–H groups in total. The molecule has 0 atom stereocenters. The molecular formula is C12H16ClN3O4. The summed E-state index contributed by atoms with van der Waals surface area (Å²) in [7, 11) is 1.51. The Morgan fingerprint density at radius 2 is 2.20 bits per heavy atom. The number of likely N-dealkylation sites (N-methyl/N-ethyl adjacent to an activating group) is 1. The highest BCUT2D eigenvalue weighted by Gasteiger charge is 2.22. The maximum atomic E-state index is 12.2. The Hall–Kier alpha value is -1.86. The molecule has 0 saturated carbocycles. The van der Waals surface area contributed by atoms with E-state index in [2.05, 4.69) is 5.32 Å². The second kappa shape index (κ2) is 7.06. The first kappa shape index (κ1) is 16.2. The Morgan fingerprint density at radius 3 is 2.65 bits per heavy atom. The van der Waals surface area contributed by atoms with E-state index >= 15 is 0 Å². The third kappa shape index (κ3) is 3.37. The van der Waals surface area contributed by atoms with Crippen LogP contribution in [-0.2, 0) is 0 Å². The Morgan fingerprint density at radius 1 is 1.55 bits per heavy atom. The number of amides is 1. The molecule has 110 valence electrons. The van der Waals surface area contributed by atoms with Gasteiger partial charge in [0.15, 0.2) is 0 Å². The number of hydrogen-bond donors (Lipinski definition) is 2. The lowest BCUT2D eigenvalue weighted by molar-refractivity contribution is -0.384. The van der Waals surface area contributed by atoms with Gasteiger partial charge in [-0.05, 0) is 13.0 Å². The summed E-state index contributed by atoms with van der Waals surface area (Å²) >= 11 is 5.96. The van der Waals surface area contributed by atoms with Gasteiger partial charge in [0, 0.05) is 31.8 Å². The van der Waals surface area contributed by atoms with Gasteiger partial charge < -0.3 is 15.3 Å². The molecular weight excluding hydrogens is 286 g/mol. The van der Waals surface area contributed by atoms with Gasteiger partial charge in [-0.1, -0.05) is 11.6 Å². The predicted octanol–water partition coefficient (Wildman–Crippen LogP) is 1.74. The van der Waals surface area contributed by atoms with Gasteiger partial charge in [0.25, 0.3) is 11.6 Å². The lowest BCUT2D eigenvalue weighted by atomic mass is 10.1. The molecule has 0 saturated heterocycles. The molecule has 7 nitrogen and oxygen atoms in total. The van der Waals surface area contributed by atoms with Crippen LogP contribution in [0.15, 0.2) is 12.1 Å². The van der Waals surface area contributed by atoms with Gasteiger partial charge in [-0.3, -0.25) is 14.9 Å². The molecule has 8 heteroatoms. The monoisotopic (exact) mass is 301 g/mol. The topological polar surface area (TPSA) is 95.7 Å². The number of anilines is 1. The summed E-state index contributed by atoms with van der Waals surface area (Å²) in [5, 5.41) is 22.7. The van der Waals surface area contributed by atoms with Crippen LogP contribution in [0.3, 0.4) is 0 Å². The second-order valence-corrected chi connectivity index (χ2v) is 4.37. The van der Waals surface area contributed by atoms with Crippen molar-refractivity contribution >= 4 is 28.9 Å². The largest absolute Gasteiger partial charge is 0.395 e. The Bertz CT molecular complexity index is 522. The Balaban J connectivity index is 3.26. The van der Waals surface area contributed by atoms with Crippen molar-refractivity contribution in [3.63, 3.8) is 0 Å². The minimum Gasteiger partial charge on any atom is -0.395 e. The van der Waals surface area contributed by atoms with Crippen LogP contribution in [0.25, 0.3) is 0 Å². The van der Waals surface area contributed by atoms with Crippen LogP contribution in [0.4, 0.5) is 11.4 Å². The van der Waals surface area contributed by atoms with Gasteiger partial charge in [-0.25, -0.2) is 0 Å². The van der Waals surface area contributed by atoms with E-state index in [1.165, 1.54) is 24.1 Å². The van der Waals surface area contributed by atoms with E-state index in [4.69, 9.17) is 16.7 Å². The number of nitrogens with one attached hydrogen (secondary N) is 1. The molecule has 0 unspecified atom stereocenters. The van der Waals surface area contributed by atoms with E-state index in [0.29, 0.717) is 6.54 Å². The zero-order chi connectivity index (χ0) is 15.3. The van der Waals surface area contributed by atoms with E-state index < -0.39 is 10.8 Å². The maximum absolute atomic E-state index is 12.2. The second-order valence-electron chi connectivity index (χ2n) is 3.97. The maximum Gasteiger partial charge on any atom is 0.294 e. The highest BCUT2D eigenvalue weighted by atomic mass is 35.5. The van der Waals surface area contributed by atoms with Crippen molar-refractivity contribution in [1.29, 1.82) is 0 Å². The molecule has 0 fully saturated rings. The van der Waals surface area contributed by atoms with Gasteiger partial charge in [0.1, 0.15) is 5.69 Å². The number of nitro groups is 1. The van der Waals surface area contributed by atoms with E-state index in [1.54, 1.807) is 6.92 Å². The first-order valence-corrected chi connectivity index (χ1v) is 6.39. The van der Waals surface area contributed by atoms with Crippen molar-refractivity contribution in [2.24, 2.45) is 0 Å². The van der Waals surface area contributed by atoms with Crippen LogP contribution >= 0.6 is 11.6 Å². The molecule has 0 radical (unpaired) electrons. The molecule has 20 heavy (non-hydrogen) atoms. The fourth-order valence-corrected chi connectivity index (χ4v) is 2.12. The van der Waals surface area contributed by atoms with Crippen LogP contribution in [-0.4, -0.2) is 47.6 Å². The van der Waals surface area contributed by atoms with Crippen molar-refractivity contribution in [2.75, 3.05) is 32.1 Å². The number of nitro benzene ring substituents is 1. The number of halogens is 1. The molecule has 0 aliphatic carbocycles. The quantitative estimate of drug-likeness (QED) is 0.616. The third-order valence-electron chi connectivity index (χ3n) is 2.80. The predicted molar refractivity (Wildman–Crippen MR) is 76.3 cm³/mol. The summed E-state index contributed by atoms with van der Waals surface area (Å²) in [6.45, 7) is 2.13. The van der Waals surface area contributed by atoms with Crippen LogP contribution in [0, 0.1) is 10.1 Å². The average molecular weight is 302 g/mol. The van der Waals surface area contributed by atoms with Crippen molar-refractivity contribution in [3.05, 3.63) is 32.8 Å². The number of benzene rings is 1. The highest BCUT2D eigenvalue weighted by molar-refractivity contribution is 6.34. The van der Waals surface area contributed by atoms with Crippen molar-refractivity contribution < 1.29 is 14.8 Å². The minimum atomic E-state index is -0.600. The summed E-state index contributed by atoms with van der Waals surface area (Å²) in [5.74, 6) is -0.408. The van der Waals surface area contributed by atoms with Gasteiger partial charge in [0.2, 0.25) is 0 Å². The van der Waals surface area contributed by atoms with Crippen LogP contribution in [0.1, 0.15) is 17.3 Å². The summed E-state index contributed by atoms with van der Waals surface area (Å²) in [4.78, 5) is 24.0. The molecule has 0 aromatic heterocycles. The fraction of sp³-hybridized carbons (Fsp3) is 0.417. The van der Waals surface area contributed by atoms with E-state index in [0.717, 1.165) is 0 Å². The minimum absolute atomic E-state index is 0.102. The standard InChI is InChI=1S/C12H16ClN3O4/c1-3-15(4-5-17)12(18)8-6-9(13)11(14-2)10(7-8)16(19)20/h6-7,14,17H,3-5H2,1-2H3. The summed E-state index contributed by atoms with van der Waals surface area (Å²) < 4.78 is 0. The van der Waals surface area contributed by atoms with Crippen LogP contribution < -0.4 is 5.32 Å². The summed E-state index contributed by atoms with van der Waals surface area (Å²) in [5.41, 5.74) is 0.0258. The summed E-state index contributed by atoms with van der Waals surface area (Å²) in [6.07, 6.45) is 0. The number of nitrogens with zero attached hydrogens (tertiary/aromatic N) is 2. The third-order valence-corrected chi connectivity index (χ3v) is 3.10. The summed E-state index contributed by atoms with van der Waals surface area (Å²) in [6, 6.07) is 2.56. The number of hydrogen-bond acceptors (Lipinski definition) is 5. The SMILES string of the molecule is CCN(CCO)C(=O)c1cc(Cl)c(NC)c([N+](=O)[O-])c1. The zero-order valence-electron chi connectivity index (χ0n) is 11.2. The van der Waals surface area contributed by atoms with Crippen molar-refractivity contribution in [2.45, 2.75) is 6.92 Å². The molecule has 0 aliphatic heterocycles. The smallest absolute Gasteiger partial charge is 0.294 e. The first-order valence-electron chi connectivity index (χ1n) is 6.02. The number of carbonyl (C=O) groups excluding carboxylic acids is 1. The molecule has 1 aromatic carbocycles. The Labute approximate surface area is 121 Å². The Kier molecular flexibility index (Phi) is 5.72. The number of aliphatic hydroxyl groups excluding tert-OH is 1. The van der Waals surface area contributed by atoms with Crippen molar-refractivity contribution in [3.8, 4) is 0 Å². The van der Waals surface area contributed by atoms with Gasteiger partial charge in [-0.2, -0.15) is 0 Å². The van der Waals surface area contributed by atoms with E-state index in [9.17, 15) is 14.9 Å². The van der Waals surface area contributed by atoms with Gasteiger partial charge in [0.05, 0.1) is 16.6 Å². The molecule has 0 aliphatic rings. The highest BCUT2D eigenvalue weighted by Crippen LogP contribution is 2.33. The molecule has 1 aromatic rings. The van der Waals surface area contributed by atoms with Crippen LogP contribution in [0.5, 0.6) is 0 Å².